The summed E-state index contributed by atoms with van der Waals surface area (Å²) in [5, 5.41) is 8.87. The summed E-state index contributed by atoms with van der Waals surface area (Å²) in [6.07, 6.45) is 1.33. The number of aromatic nitrogens is 2. The summed E-state index contributed by atoms with van der Waals surface area (Å²) in [6, 6.07) is 8.91. The lowest BCUT2D eigenvalue weighted by atomic mass is 10.2. The van der Waals surface area contributed by atoms with E-state index in [1.807, 2.05) is 6.07 Å². The SMILES string of the molecule is N#Cc1cccc(S(=O)(=O)Nc2nccc(Cl)n2)c1. The highest BCUT2D eigenvalue weighted by molar-refractivity contribution is 7.92. The molecule has 8 heteroatoms. The fraction of sp³-hybridized carbons (Fsp3) is 0. The van der Waals surface area contributed by atoms with E-state index in [4.69, 9.17) is 16.9 Å². The molecule has 0 aliphatic carbocycles. The molecule has 2 rings (SSSR count). The largest absolute Gasteiger partial charge is 0.264 e. The highest BCUT2D eigenvalue weighted by Gasteiger charge is 2.16. The molecule has 0 aliphatic rings. The Hall–Kier alpha value is -2.17. The summed E-state index contributed by atoms with van der Waals surface area (Å²) in [5.74, 6) is -0.130. The van der Waals surface area contributed by atoms with Crippen LogP contribution in [0.4, 0.5) is 5.95 Å². The molecule has 0 saturated heterocycles. The summed E-state index contributed by atoms with van der Waals surface area (Å²) in [5.41, 5.74) is 0.245. The van der Waals surface area contributed by atoms with Crippen LogP contribution >= 0.6 is 11.6 Å². The van der Waals surface area contributed by atoms with E-state index in [9.17, 15) is 8.42 Å². The second-order valence-corrected chi connectivity index (χ2v) is 5.52. The number of rotatable bonds is 3. The van der Waals surface area contributed by atoms with E-state index in [-0.39, 0.29) is 21.6 Å². The number of hydrogen-bond donors (Lipinski definition) is 1. The zero-order valence-corrected chi connectivity index (χ0v) is 11.0. The topological polar surface area (TPSA) is 95.7 Å². The molecule has 0 aliphatic heterocycles. The van der Waals surface area contributed by atoms with Gasteiger partial charge in [0.25, 0.3) is 10.0 Å². The Morgan fingerprint density at radius 3 is 2.79 bits per heavy atom. The van der Waals surface area contributed by atoms with Gasteiger partial charge in [0.05, 0.1) is 16.5 Å². The van der Waals surface area contributed by atoms with Crippen molar-refractivity contribution in [3.8, 4) is 6.07 Å². The molecule has 6 nitrogen and oxygen atoms in total. The average molecular weight is 295 g/mol. The number of nitrogens with zero attached hydrogens (tertiary/aromatic N) is 3. The smallest absolute Gasteiger partial charge is 0.247 e. The molecule has 19 heavy (non-hydrogen) atoms. The van der Waals surface area contributed by atoms with E-state index in [1.54, 1.807) is 0 Å². The molecule has 0 radical (unpaired) electrons. The maximum Gasteiger partial charge on any atom is 0.264 e. The number of hydrogen-bond acceptors (Lipinski definition) is 5. The van der Waals surface area contributed by atoms with Gasteiger partial charge in [-0.3, -0.25) is 0 Å². The summed E-state index contributed by atoms with van der Waals surface area (Å²) in [6.45, 7) is 0. The van der Waals surface area contributed by atoms with Crippen LogP contribution in [0.1, 0.15) is 5.56 Å². The number of nitriles is 1. The third-order valence-corrected chi connectivity index (χ3v) is 3.66. The van der Waals surface area contributed by atoms with Crippen LogP contribution in [-0.4, -0.2) is 18.4 Å². The van der Waals surface area contributed by atoms with Crippen LogP contribution in [-0.2, 0) is 10.0 Å². The number of benzene rings is 1. The zero-order valence-electron chi connectivity index (χ0n) is 9.41. The summed E-state index contributed by atoms with van der Waals surface area (Å²) in [4.78, 5) is 7.42. The van der Waals surface area contributed by atoms with Gasteiger partial charge in [0, 0.05) is 6.20 Å². The Kier molecular flexibility index (Phi) is 3.64. The predicted octanol–water partition coefficient (Wildman–Crippen LogP) is 1.80. The van der Waals surface area contributed by atoms with Gasteiger partial charge in [-0.25, -0.2) is 23.1 Å². The van der Waals surface area contributed by atoms with E-state index in [0.717, 1.165) is 0 Å². The van der Waals surface area contributed by atoms with Gasteiger partial charge >= 0.3 is 0 Å². The van der Waals surface area contributed by atoms with Crippen LogP contribution in [0.15, 0.2) is 41.4 Å². The maximum absolute atomic E-state index is 12.0. The molecule has 0 fully saturated rings. The van der Waals surface area contributed by atoms with Gasteiger partial charge in [-0.05, 0) is 24.3 Å². The monoisotopic (exact) mass is 294 g/mol. The van der Waals surface area contributed by atoms with Gasteiger partial charge in [0.1, 0.15) is 5.15 Å². The molecule has 0 bridgehead atoms. The first-order valence-corrected chi connectivity index (χ1v) is 6.89. The van der Waals surface area contributed by atoms with Crippen molar-refractivity contribution in [2.24, 2.45) is 0 Å². The van der Waals surface area contributed by atoms with Crippen molar-refractivity contribution in [1.82, 2.24) is 9.97 Å². The van der Waals surface area contributed by atoms with Crippen molar-refractivity contribution in [2.45, 2.75) is 4.90 Å². The van der Waals surface area contributed by atoms with Crippen LogP contribution in [0.5, 0.6) is 0 Å². The minimum atomic E-state index is -3.85. The second kappa shape index (κ2) is 5.22. The predicted molar refractivity (Wildman–Crippen MR) is 69.0 cm³/mol. The van der Waals surface area contributed by atoms with Crippen molar-refractivity contribution in [1.29, 1.82) is 5.26 Å². The summed E-state index contributed by atoms with van der Waals surface area (Å²) in [7, 11) is -3.85. The van der Waals surface area contributed by atoms with E-state index >= 15 is 0 Å². The molecular weight excluding hydrogens is 288 g/mol. The van der Waals surface area contributed by atoms with Crippen LogP contribution in [0.2, 0.25) is 5.15 Å². The van der Waals surface area contributed by atoms with Crippen LogP contribution in [0.25, 0.3) is 0 Å². The Balaban J connectivity index is 2.35. The quantitative estimate of drug-likeness (QED) is 0.871. The highest BCUT2D eigenvalue weighted by atomic mass is 35.5. The van der Waals surface area contributed by atoms with Gasteiger partial charge in [0.15, 0.2) is 0 Å². The molecule has 0 spiro atoms. The van der Waals surface area contributed by atoms with Crippen LogP contribution in [0, 0.1) is 11.3 Å². The molecule has 0 unspecified atom stereocenters. The van der Waals surface area contributed by atoms with Crippen LogP contribution < -0.4 is 4.72 Å². The lowest BCUT2D eigenvalue weighted by molar-refractivity contribution is 0.601. The second-order valence-electron chi connectivity index (χ2n) is 3.45. The standard InChI is InChI=1S/C11H7ClN4O2S/c12-10-4-5-14-11(15-10)16-19(17,18)9-3-1-2-8(6-9)7-13/h1-6H,(H,14,15,16). The molecule has 1 aromatic heterocycles. The lowest BCUT2D eigenvalue weighted by Gasteiger charge is -2.06. The molecule has 96 valence electrons. The van der Waals surface area contributed by atoms with Crippen molar-refractivity contribution >= 4 is 27.6 Å². The Morgan fingerprint density at radius 1 is 1.32 bits per heavy atom. The van der Waals surface area contributed by atoms with Crippen LogP contribution in [0.3, 0.4) is 0 Å². The van der Waals surface area contributed by atoms with Gasteiger partial charge < -0.3 is 0 Å². The van der Waals surface area contributed by atoms with Gasteiger partial charge in [0.2, 0.25) is 5.95 Å². The third kappa shape index (κ3) is 3.19. The number of halogens is 1. The van der Waals surface area contributed by atoms with E-state index < -0.39 is 10.0 Å². The third-order valence-electron chi connectivity index (χ3n) is 2.12. The summed E-state index contributed by atoms with van der Waals surface area (Å²) >= 11 is 5.64. The first kappa shape index (κ1) is 13.3. The number of anilines is 1. The minimum absolute atomic E-state index is 0.0462. The van der Waals surface area contributed by atoms with Gasteiger partial charge in [-0.2, -0.15) is 5.26 Å². The van der Waals surface area contributed by atoms with Gasteiger partial charge in [-0.15, -0.1) is 0 Å². The average Bonchev–Trinajstić information content (AvgIpc) is 2.38. The molecule has 0 atom stereocenters. The van der Waals surface area contributed by atoms with Crippen molar-refractivity contribution < 1.29 is 8.42 Å². The molecule has 1 heterocycles. The number of sulfonamides is 1. The molecule has 0 saturated carbocycles. The zero-order chi connectivity index (χ0) is 13.9. The fourth-order valence-electron chi connectivity index (χ4n) is 1.30. The van der Waals surface area contributed by atoms with Crippen molar-refractivity contribution in [2.75, 3.05) is 4.72 Å². The maximum atomic E-state index is 12.0. The fourth-order valence-corrected chi connectivity index (χ4v) is 2.43. The van der Waals surface area contributed by atoms with Gasteiger partial charge in [-0.1, -0.05) is 17.7 Å². The molecule has 1 N–H and O–H groups in total. The Bertz CT molecular complexity index is 755. The highest BCUT2D eigenvalue weighted by Crippen LogP contribution is 2.15. The lowest BCUT2D eigenvalue weighted by Crippen LogP contribution is -2.15. The summed E-state index contributed by atoms with van der Waals surface area (Å²) < 4.78 is 26.3. The van der Waals surface area contributed by atoms with E-state index in [0.29, 0.717) is 0 Å². The Morgan fingerprint density at radius 2 is 2.11 bits per heavy atom. The first-order valence-electron chi connectivity index (χ1n) is 5.03. The van der Waals surface area contributed by atoms with Crippen molar-refractivity contribution in [3.63, 3.8) is 0 Å². The molecule has 2 aromatic rings. The molecular formula is C11H7ClN4O2S. The van der Waals surface area contributed by atoms with Crippen molar-refractivity contribution in [3.05, 3.63) is 47.2 Å². The minimum Gasteiger partial charge on any atom is -0.247 e. The van der Waals surface area contributed by atoms with E-state index in [2.05, 4.69) is 14.7 Å². The normalized spacial score (nSPS) is 10.7. The van der Waals surface area contributed by atoms with E-state index in [1.165, 1.54) is 36.5 Å². The first-order chi connectivity index (χ1) is 9.01. The molecule has 0 amide bonds. The number of nitrogens with one attached hydrogen (secondary N) is 1. The molecule has 1 aromatic carbocycles. The Labute approximate surface area is 114 Å².